The second kappa shape index (κ2) is 1.92. The van der Waals surface area contributed by atoms with Crippen LogP contribution in [0.15, 0.2) is 0 Å². The second-order valence-electron chi connectivity index (χ2n) is 3.39. The van der Waals surface area contributed by atoms with Crippen molar-refractivity contribution in [3.8, 4) is 0 Å². The zero-order chi connectivity index (χ0) is 7.19. The lowest BCUT2D eigenvalue weighted by Gasteiger charge is -2.41. The minimum Gasteiger partial charge on any atom is -0.633 e. The maximum Gasteiger partial charge on any atom is 0.161 e. The summed E-state index contributed by atoms with van der Waals surface area (Å²) in [6, 6.07) is 0.221. The van der Waals surface area contributed by atoms with Crippen LogP contribution in [0, 0.1) is 5.21 Å². The van der Waals surface area contributed by atoms with Crippen molar-refractivity contribution in [1.29, 1.82) is 0 Å². The Kier molecular flexibility index (Phi) is 1.25. The first-order valence-corrected chi connectivity index (χ1v) is 3.76. The Balaban J connectivity index is 2.21. The van der Waals surface area contributed by atoms with Crippen LogP contribution < -0.4 is 16.1 Å². The van der Waals surface area contributed by atoms with Gasteiger partial charge in [-0.05, 0) is 0 Å². The van der Waals surface area contributed by atoms with E-state index in [1.54, 1.807) is 0 Å². The normalized spacial score (nSPS) is 53.4. The number of quaternary nitrogens is 1. The maximum absolute atomic E-state index is 11.3. The van der Waals surface area contributed by atoms with E-state index in [9.17, 15) is 5.21 Å². The first kappa shape index (κ1) is 6.54. The lowest BCUT2D eigenvalue weighted by Crippen LogP contribution is -3.22. The van der Waals surface area contributed by atoms with E-state index in [1.807, 2.05) is 0 Å². The monoisotopic (exact) mass is 143 g/mol. The minimum absolute atomic E-state index is 0.221. The van der Waals surface area contributed by atoms with E-state index in [0.717, 1.165) is 19.4 Å². The van der Waals surface area contributed by atoms with Crippen molar-refractivity contribution in [3.05, 3.63) is 5.21 Å². The highest BCUT2D eigenvalue weighted by Crippen LogP contribution is 2.14. The number of hydroxylamine groups is 2. The number of hydrogen-bond donors (Lipinski definition) is 3. The van der Waals surface area contributed by atoms with Crippen molar-refractivity contribution < 1.29 is 5.06 Å². The third kappa shape index (κ3) is 0.703. The average Bonchev–Trinajstić information content (AvgIpc) is 2.18. The SMILES string of the molecule is NC12CCC(CNC1)[NH+]2[O-]. The summed E-state index contributed by atoms with van der Waals surface area (Å²) in [6.45, 7) is 1.53. The van der Waals surface area contributed by atoms with E-state index >= 15 is 0 Å². The van der Waals surface area contributed by atoms with E-state index in [2.05, 4.69) is 5.32 Å². The first-order valence-electron chi connectivity index (χ1n) is 3.76. The highest BCUT2D eigenvalue weighted by atomic mass is 16.5. The van der Waals surface area contributed by atoms with Gasteiger partial charge in [-0.25, -0.2) is 0 Å². The van der Waals surface area contributed by atoms with Crippen molar-refractivity contribution in [3.63, 3.8) is 0 Å². The molecule has 2 heterocycles. The number of rotatable bonds is 0. The van der Waals surface area contributed by atoms with Crippen molar-refractivity contribution in [1.82, 2.24) is 5.32 Å². The molecule has 2 aliphatic heterocycles. The largest absolute Gasteiger partial charge is 0.633 e. The van der Waals surface area contributed by atoms with Gasteiger partial charge >= 0.3 is 0 Å². The van der Waals surface area contributed by atoms with Gasteiger partial charge in [0.15, 0.2) is 5.66 Å². The van der Waals surface area contributed by atoms with Crippen LogP contribution in [0.25, 0.3) is 0 Å². The molecule has 4 heteroatoms. The zero-order valence-corrected chi connectivity index (χ0v) is 5.89. The van der Waals surface area contributed by atoms with Gasteiger partial charge in [-0.15, -0.1) is 0 Å². The molecule has 2 fully saturated rings. The van der Waals surface area contributed by atoms with Crippen molar-refractivity contribution in [2.75, 3.05) is 13.1 Å². The molecule has 2 bridgehead atoms. The van der Waals surface area contributed by atoms with Crippen LogP contribution in [-0.2, 0) is 0 Å². The number of hydrogen-bond acceptors (Lipinski definition) is 3. The first-order chi connectivity index (χ1) is 4.72. The van der Waals surface area contributed by atoms with Crippen LogP contribution in [0.1, 0.15) is 12.8 Å². The fraction of sp³-hybridized carbons (Fsp3) is 1.00. The Morgan fingerprint density at radius 1 is 1.70 bits per heavy atom. The summed E-state index contributed by atoms with van der Waals surface area (Å²) in [5.74, 6) is 0. The Morgan fingerprint density at radius 3 is 3.10 bits per heavy atom. The fourth-order valence-electron chi connectivity index (χ4n) is 1.93. The van der Waals surface area contributed by atoms with Crippen molar-refractivity contribution in [2.45, 2.75) is 24.5 Å². The van der Waals surface area contributed by atoms with Crippen molar-refractivity contribution >= 4 is 0 Å². The van der Waals surface area contributed by atoms with E-state index in [0.29, 0.717) is 6.54 Å². The van der Waals surface area contributed by atoms with E-state index in [1.165, 1.54) is 0 Å². The standard InChI is InChI=1S/C6H13N3O/c7-6-2-1-5(9(6)10)3-8-4-6/h5,8-9H,1-4,7H2. The summed E-state index contributed by atoms with van der Waals surface area (Å²) < 4.78 is 0. The number of fused-ring (bicyclic) bond motifs is 2. The molecule has 0 aromatic rings. The molecule has 4 nitrogen and oxygen atoms in total. The molecule has 10 heavy (non-hydrogen) atoms. The molecule has 2 saturated heterocycles. The average molecular weight is 143 g/mol. The van der Waals surface area contributed by atoms with Gasteiger partial charge < -0.3 is 15.6 Å². The minimum atomic E-state index is -0.497. The lowest BCUT2D eigenvalue weighted by molar-refractivity contribution is -0.916. The fourth-order valence-corrected chi connectivity index (χ4v) is 1.93. The van der Waals surface area contributed by atoms with Crippen LogP contribution in [-0.4, -0.2) is 24.8 Å². The molecule has 4 N–H and O–H groups in total. The van der Waals surface area contributed by atoms with E-state index in [4.69, 9.17) is 5.73 Å². The topological polar surface area (TPSA) is 65.5 Å². The molecule has 3 unspecified atom stereocenters. The van der Waals surface area contributed by atoms with Gasteiger partial charge in [0.05, 0.1) is 6.54 Å². The van der Waals surface area contributed by atoms with Gasteiger partial charge in [0.25, 0.3) is 0 Å². The summed E-state index contributed by atoms with van der Waals surface area (Å²) in [6.07, 6.45) is 1.87. The number of piperazine rings is 1. The number of nitrogens with two attached hydrogens (primary N) is 1. The summed E-state index contributed by atoms with van der Waals surface area (Å²) in [4.78, 5) is 0. The van der Waals surface area contributed by atoms with E-state index < -0.39 is 5.66 Å². The Morgan fingerprint density at radius 2 is 2.50 bits per heavy atom. The second-order valence-corrected chi connectivity index (χ2v) is 3.39. The molecule has 0 radical (unpaired) electrons. The molecular weight excluding hydrogens is 130 g/mol. The quantitative estimate of drug-likeness (QED) is 0.337. The van der Waals surface area contributed by atoms with Crippen LogP contribution in [0.2, 0.25) is 0 Å². The molecule has 0 aromatic heterocycles. The van der Waals surface area contributed by atoms with Crippen LogP contribution in [0.5, 0.6) is 0 Å². The third-order valence-electron chi connectivity index (χ3n) is 2.63. The summed E-state index contributed by atoms with van der Waals surface area (Å²) in [7, 11) is 0. The smallest absolute Gasteiger partial charge is 0.161 e. The van der Waals surface area contributed by atoms with Gasteiger partial charge in [0, 0.05) is 19.4 Å². The van der Waals surface area contributed by atoms with Crippen LogP contribution in [0.4, 0.5) is 0 Å². The summed E-state index contributed by atoms with van der Waals surface area (Å²) in [5.41, 5.74) is 5.33. The Labute approximate surface area is 60.0 Å². The molecule has 0 aliphatic carbocycles. The molecule has 2 rings (SSSR count). The lowest BCUT2D eigenvalue weighted by atomic mass is 10.1. The molecule has 0 spiro atoms. The Bertz CT molecular complexity index is 148. The third-order valence-corrected chi connectivity index (χ3v) is 2.63. The summed E-state index contributed by atoms with van der Waals surface area (Å²) >= 11 is 0. The molecular formula is C6H13N3O. The molecule has 0 aromatic carbocycles. The summed E-state index contributed by atoms with van der Waals surface area (Å²) in [5, 5.41) is 14.8. The molecule has 0 amide bonds. The van der Waals surface area contributed by atoms with Gasteiger partial charge in [0.1, 0.15) is 6.04 Å². The molecule has 3 atom stereocenters. The van der Waals surface area contributed by atoms with Gasteiger partial charge in [-0.1, -0.05) is 0 Å². The van der Waals surface area contributed by atoms with Crippen molar-refractivity contribution in [2.24, 2.45) is 5.73 Å². The highest BCUT2D eigenvalue weighted by Gasteiger charge is 2.46. The zero-order valence-electron chi connectivity index (χ0n) is 5.89. The molecule has 58 valence electrons. The predicted octanol–water partition coefficient (Wildman–Crippen LogP) is -2.21. The van der Waals surface area contributed by atoms with Gasteiger partial charge in [-0.2, -0.15) is 0 Å². The molecule has 2 aliphatic rings. The highest BCUT2D eigenvalue weighted by molar-refractivity contribution is 4.88. The van der Waals surface area contributed by atoms with Crippen LogP contribution in [0.3, 0.4) is 0 Å². The predicted molar refractivity (Wildman–Crippen MR) is 37.1 cm³/mol. The van der Waals surface area contributed by atoms with E-state index in [-0.39, 0.29) is 11.1 Å². The maximum atomic E-state index is 11.3. The van der Waals surface area contributed by atoms with Gasteiger partial charge in [-0.3, -0.25) is 5.73 Å². The number of nitrogens with one attached hydrogen (secondary N) is 2. The van der Waals surface area contributed by atoms with Crippen LogP contribution >= 0.6 is 0 Å². The molecule has 0 saturated carbocycles. The van der Waals surface area contributed by atoms with Gasteiger partial charge in [0.2, 0.25) is 0 Å². The Hall–Kier alpha value is -0.160.